The molecule has 1 fully saturated rings. The molecule has 2 N–H and O–H groups in total. The summed E-state index contributed by atoms with van der Waals surface area (Å²) in [6.07, 6.45) is 0.288. The maximum Gasteiger partial charge on any atom is 0.225 e. The first-order chi connectivity index (χ1) is 7.99. The van der Waals surface area contributed by atoms with Crippen molar-refractivity contribution >= 4 is 11.8 Å². The maximum absolute atomic E-state index is 11.9. The van der Waals surface area contributed by atoms with Gasteiger partial charge in [-0.3, -0.25) is 9.59 Å². The van der Waals surface area contributed by atoms with Crippen LogP contribution in [-0.4, -0.2) is 47.6 Å². The zero-order chi connectivity index (χ0) is 13.0. The summed E-state index contributed by atoms with van der Waals surface area (Å²) in [5.74, 6) is -0.168. The van der Waals surface area contributed by atoms with Gasteiger partial charge in [-0.2, -0.15) is 0 Å². The molecule has 17 heavy (non-hydrogen) atoms. The number of amides is 2. The molecular weight excluding hydrogens is 220 g/mol. The van der Waals surface area contributed by atoms with Crippen LogP contribution in [0.2, 0.25) is 0 Å². The van der Waals surface area contributed by atoms with Crippen LogP contribution < -0.4 is 5.32 Å². The van der Waals surface area contributed by atoms with E-state index in [-0.39, 0.29) is 42.7 Å². The number of aliphatic hydroxyl groups is 1. The lowest BCUT2D eigenvalue weighted by Gasteiger charge is -2.22. The lowest BCUT2D eigenvalue weighted by molar-refractivity contribution is -0.129. The van der Waals surface area contributed by atoms with Crippen molar-refractivity contribution in [3.8, 4) is 0 Å². The molecule has 0 aromatic carbocycles. The van der Waals surface area contributed by atoms with Gasteiger partial charge >= 0.3 is 0 Å². The van der Waals surface area contributed by atoms with Gasteiger partial charge in [-0.1, -0.05) is 13.8 Å². The van der Waals surface area contributed by atoms with Gasteiger partial charge in [0.05, 0.1) is 18.6 Å². The molecule has 1 aliphatic rings. The molecule has 1 heterocycles. The minimum atomic E-state index is -0.268. The highest BCUT2D eigenvalue weighted by atomic mass is 16.3. The van der Waals surface area contributed by atoms with E-state index in [9.17, 15) is 9.59 Å². The fraction of sp³-hybridized carbons (Fsp3) is 0.833. The second-order valence-electron chi connectivity index (χ2n) is 4.88. The minimum Gasteiger partial charge on any atom is -0.394 e. The molecule has 1 aliphatic heterocycles. The molecule has 0 spiro atoms. The Balaban J connectivity index is 2.52. The Labute approximate surface area is 102 Å². The van der Waals surface area contributed by atoms with E-state index in [1.165, 1.54) is 0 Å². The highest BCUT2D eigenvalue weighted by Gasteiger charge is 2.34. The third-order valence-corrected chi connectivity index (χ3v) is 3.30. The number of hydrogen-bond acceptors (Lipinski definition) is 3. The van der Waals surface area contributed by atoms with Crippen LogP contribution >= 0.6 is 0 Å². The molecule has 1 rings (SSSR count). The number of nitrogens with one attached hydrogen (secondary N) is 1. The van der Waals surface area contributed by atoms with Crippen molar-refractivity contribution in [2.75, 3.05) is 19.7 Å². The molecule has 98 valence electrons. The Kier molecular flexibility index (Phi) is 4.93. The summed E-state index contributed by atoms with van der Waals surface area (Å²) < 4.78 is 0. The smallest absolute Gasteiger partial charge is 0.225 e. The van der Waals surface area contributed by atoms with E-state index < -0.39 is 0 Å². The molecule has 0 aromatic heterocycles. The topological polar surface area (TPSA) is 69.6 Å². The van der Waals surface area contributed by atoms with Crippen LogP contribution in [0, 0.1) is 11.8 Å². The quantitative estimate of drug-likeness (QED) is 0.712. The Morgan fingerprint density at radius 2 is 2.24 bits per heavy atom. The second-order valence-corrected chi connectivity index (χ2v) is 4.88. The maximum atomic E-state index is 11.9. The van der Waals surface area contributed by atoms with Crippen LogP contribution in [0.4, 0.5) is 0 Å². The van der Waals surface area contributed by atoms with E-state index in [1.807, 2.05) is 20.8 Å². The van der Waals surface area contributed by atoms with Gasteiger partial charge in [0.2, 0.25) is 11.8 Å². The molecule has 0 bridgehead atoms. The van der Waals surface area contributed by atoms with E-state index in [0.29, 0.717) is 13.1 Å². The van der Waals surface area contributed by atoms with Gasteiger partial charge in [0, 0.05) is 19.5 Å². The predicted octanol–water partition coefficient (Wildman–Crippen LogP) is -0.0121. The zero-order valence-electron chi connectivity index (χ0n) is 10.8. The van der Waals surface area contributed by atoms with Crippen LogP contribution in [-0.2, 0) is 9.59 Å². The number of rotatable bonds is 5. The molecule has 0 aromatic rings. The van der Waals surface area contributed by atoms with Crippen LogP contribution in [0.15, 0.2) is 0 Å². The van der Waals surface area contributed by atoms with Gasteiger partial charge in [-0.25, -0.2) is 0 Å². The van der Waals surface area contributed by atoms with Crippen LogP contribution in [0.3, 0.4) is 0 Å². The highest BCUT2D eigenvalue weighted by molar-refractivity contribution is 5.89. The van der Waals surface area contributed by atoms with E-state index in [0.717, 1.165) is 0 Å². The third-order valence-electron chi connectivity index (χ3n) is 3.30. The first kappa shape index (κ1) is 14.0. The van der Waals surface area contributed by atoms with Crippen molar-refractivity contribution in [1.29, 1.82) is 0 Å². The second kappa shape index (κ2) is 6.00. The molecule has 0 aliphatic carbocycles. The molecule has 5 heteroatoms. The summed E-state index contributed by atoms with van der Waals surface area (Å²) in [6, 6.07) is -0.228. The lowest BCUT2D eigenvalue weighted by Crippen LogP contribution is -2.44. The van der Waals surface area contributed by atoms with Crippen molar-refractivity contribution in [2.45, 2.75) is 33.2 Å². The average Bonchev–Trinajstić information content (AvgIpc) is 2.66. The van der Waals surface area contributed by atoms with E-state index >= 15 is 0 Å². The minimum absolute atomic E-state index is 0.0396. The standard InChI is InChI=1S/C12H22N2O3/c1-4-14-6-9(5-11(14)16)12(17)13-10(7-15)8(2)3/h8-10,15H,4-7H2,1-3H3,(H,13,17). The summed E-state index contributed by atoms with van der Waals surface area (Å²) in [7, 11) is 0. The first-order valence-corrected chi connectivity index (χ1v) is 6.18. The van der Waals surface area contributed by atoms with Gasteiger partial charge in [-0.15, -0.1) is 0 Å². The Bertz CT molecular complexity index is 291. The van der Waals surface area contributed by atoms with Crippen LogP contribution in [0.5, 0.6) is 0 Å². The molecule has 0 radical (unpaired) electrons. The van der Waals surface area contributed by atoms with E-state index in [1.54, 1.807) is 4.90 Å². The SMILES string of the molecule is CCN1CC(C(=O)NC(CO)C(C)C)CC1=O. The number of carbonyl (C=O) groups is 2. The highest BCUT2D eigenvalue weighted by Crippen LogP contribution is 2.18. The first-order valence-electron chi connectivity index (χ1n) is 6.18. The third kappa shape index (κ3) is 3.43. The summed E-state index contributed by atoms with van der Waals surface area (Å²) in [6.45, 7) is 6.87. The molecule has 1 saturated heterocycles. The normalized spacial score (nSPS) is 22.1. The van der Waals surface area contributed by atoms with Gasteiger partial charge in [0.15, 0.2) is 0 Å². The van der Waals surface area contributed by atoms with Gasteiger partial charge in [0.1, 0.15) is 0 Å². The Morgan fingerprint density at radius 1 is 1.59 bits per heavy atom. The van der Waals surface area contributed by atoms with Crippen LogP contribution in [0.25, 0.3) is 0 Å². The van der Waals surface area contributed by atoms with E-state index in [4.69, 9.17) is 5.11 Å². The molecule has 2 unspecified atom stereocenters. The lowest BCUT2D eigenvalue weighted by atomic mass is 10.0. The fourth-order valence-electron chi connectivity index (χ4n) is 1.98. The molecule has 0 saturated carbocycles. The Hall–Kier alpha value is -1.10. The number of hydrogen-bond donors (Lipinski definition) is 2. The Morgan fingerprint density at radius 3 is 2.65 bits per heavy atom. The van der Waals surface area contributed by atoms with Crippen molar-refractivity contribution in [1.82, 2.24) is 10.2 Å². The summed E-state index contributed by atoms with van der Waals surface area (Å²) >= 11 is 0. The van der Waals surface area contributed by atoms with Gasteiger partial charge in [0.25, 0.3) is 0 Å². The predicted molar refractivity (Wildman–Crippen MR) is 64.2 cm³/mol. The summed E-state index contributed by atoms with van der Waals surface area (Å²) in [4.78, 5) is 25.1. The van der Waals surface area contributed by atoms with Crippen molar-refractivity contribution < 1.29 is 14.7 Å². The molecule has 2 amide bonds. The largest absolute Gasteiger partial charge is 0.394 e. The number of carbonyl (C=O) groups excluding carboxylic acids is 2. The van der Waals surface area contributed by atoms with Crippen molar-refractivity contribution in [3.05, 3.63) is 0 Å². The number of nitrogens with zero attached hydrogens (tertiary/aromatic N) is 1. The molecule has 2 atom stereocenters. The van der Waals surface area contributed by atoms with Crippen molar-refractivity contribution in [2.24, 2.45) is 11.8 Å². The zero-order valence-corrected chi connectivity index (χ0v) is 10.8. The number of likely N-dealkylation sites (tertiary alicyclic amines) is 1. The van der Waals surface area contributed by atoms with Gasteiger partial charge in [-0.05, 0) is 12.8 Å². The summed E-state index contributed by atoms with van der Waals surface area (Å²) in [5, 5.41) is 12.0. The molecular formula is C12H22N2O3. The summed E-state index contributed by atoms with van der Waals surface area (Å²) in [5.41, 5.74) is 0. The fourth-order valence-corrected chi connectivity index (χ4v) is 1.98. The van der Waals surface area contributed by atoms with Crippen LogP contribution in [0.1, 0.15) is 27.2 Å². The van der Waals surface area contributed by atoms with E-state index in [2.05, 4.69) is 5.32 Å². The average molecular weight is 242 g/mol. The monoisotopic (exact) mass is 242 g/mol. The number of aliphatic hydroxyl groups excluding tert-OH is 1. The van der Waals surface area contributed by atoms with Gasteiger partial charge < -0.3 is 15.3 Å². The molecule has 5 nitrogen and oxygen atoms in total. The van der Waals surface area contributed by atoms with Crippen molar-refractivity contribution in [3.63, 3.8) is 0 Å².